The van der Waals surface area contributed by atoms with Crippen molar-refractivity contribution < 1.29 is 4.79 Å². The molecule has 1 aromatic carbocycles. The molecular formula is C15H23N3O. The van der Waals surface area contributed by atoms with Crippen molar-refractivity contribution in [2.75, 3.05) is 27.2 Å². The smallest absolute Gasteiger partial charge is 0.317 e. The molecule has 2 amide bonds. The Labute approximate surface area is 115 Å². The van der Waals surface area contributed by atoms with E-state index in [1.54, 1.807) is 4.90 Å². The zero-order valence-corrected chi connectivity index (χ0v) is 11.8. The van der Waals surface area contributed by atoms with Gasteiger partial charge in [0.25, 0.3) is 0 Å². The monoisotopic (exact) mass is 261 g/mol. The van der Waals surface area contributed by atoms with Crippen LogP contribution < -0.4 is 5.32 Å². The zero-order chi connectivity index (χ0) is 13.7. The summed E-state index contributed by atoms with van der Waals surface area (Å²) in [4.78, 5) is 16.1. The molecule has 0 aliphatic carbocycles. The Morgan fingerprint density at radius 1 is 1.32 bits per heavy atom. The standard InChI is InChI=1S/C15H23N3O/c1-17-10-8-14(9-11-17)16-15(19)18(2)12-13-6-4-3-5-7-13/h3-7,14H,8-12H2,1-2H3,(H,16,19). The van der Waals surface area contributed by atoms with Crippen LogP contribution in [0.15, 0.2) is 30.3 Å². The first kappa shape index (κ1) is 13.9. The van der Waals surface area contributed by atoms with E-state index in [0.29, 0.717) is 12.6 Å². The van der Waals surface area contributed by atoms with Crippen molar-refractivity contribution in [1.82, 2.24) is 15.1 Å². The maximum atomic E-state index is 12.1. The average Bonchev–Trinajstić information content (AvgIpc) is 2.42. The van der Waals surface area contributed by atoms with Crippen molar-refractivity contribution in [3.63, 3.8) is 0 Å². The normalized spacial score (nSPS) is 17.2. The number of urea groups is 1. The van der Waals surface area contributed by atoms with Crippen LogP contribution in [0, 0.1) is 0 Å². The SMILES string of the molecule is CN1CCC(NC(=O)N(C)Cc2ccccc2)CC1. The Balaban J connectivity index is 1.79. The van der Waals surface area contributed by atoms with Gasteiger partial charge in [0.15, 0.2) is 0 Å². The highest BCUT2D eigenvalue weighted by atomic mass is 16.2. The minimum absolute atomic E-state index is 0.0263. The third kappa shape index (κ3) is 4.24. The molecule has 0 unspecified atom stereocenters. The maximum Gasteiger partial charge on any atom is 0.317 e. The number of amides is 2. The minimum Gasteiger partial charge on any atom is -0.335 e. The van der Waals surface area contributed by atoms with E-state index in [1.807, 2.05) is 37.4 Å². The maximum absolute atomic E-state index is 12.1. The van der Waals surface area contributed by atoms with E-state index in [2.05, 4.69) is 17.3 Å². The van der Waals surface area contributed by atoms with E-state index in [-0.39, 0.29) is 6.03 Å². The molecule has 1 aromatic rings. The number of carbonyl (C=O) groups excluding carboxylic acids is 1. The highest BCUT2D eigenvalue weighted by molar-refractivity contribution is 5.74. The highest BCUT2D eigenvalue weighted by Gasteiger charge is 2.19. The Morgan fingerprint density at radius 3 is 2.58 bits per heavy atom. The summed E-state index contributed by atoms with van der Waals surface area (Å²) < 4.78 is 0. The van der Waals surface area contributed by atoms with Gasteiger partial charge in [0.2, 0.25) is 0 Å². The summed E-state index contributed by atoms with van der Waals surface area (Å²) in [6, 6.07) is 10.4. The molecule has 1 aliphatic heterocycles. The summed E-state index contributed by atoms with van der Waals surface area (Å²) in [5, 5.41) is 3.12. The van der Waals surface area contributed by atoms with Gasteiger partial charge in [-0.1, -0.05) is 30.3 Å². The lowest BCUT2D eigenvalue weighted by atomic mass is 10.1. The summed E-state index contributed by atoms with van der Waals surface area (Å²) in [6.45, 7) is 2.78. The largest absolute Gasteiger partial charge is 0.335 e. The second-order valence-electron chi connectivity index (χ2n) is 5.37. The molecule has 0 aromatic heterocycles. The summed E-state index contributed by atoms with van der Waals surface area (Å²) in [7, 11) is 3.97. The number of nitrogens with zero attached hydrogens (tertiary/aromatic N) is 2. The first-order valence-electron chi connectivity index (χ1n) is 6.89. The lowest BCUT2D eigenvalue weighted by Crippen LogP contribution is -2.47. The number of piperidine rings is 1. The molecule has 2 rings (SSSR count). The van der Waals surface area contributed by atoms with E-state index in [0.717, 1.165) is 31.5 Å². The average molecular weight is 261 g/mol. The number of carbonyl (C=O) groups is 1. The topological polar surface area (TPSA) is 35.6 Å². The number of nitrogens with one attached hydrogen (secondary N) is 1. The van der Waals surface area contributed by atoms with Crippen molar-refractivity contribution >= 4 is 6.03 Å². The molecule has 1 fully saturated rings. The first-order chi connectivity index (χ1) is 9.15. The van der Waals surface area contributed by atoms with Crippen LogP contribution in [-0.2, 0) is 6.54 Å². The van der Waals surface area contributed by atoms with E-state index in [4.69, 9.17) is 0 Å². The van der Waals surface area contributed by atoms with Crippen LogP contribution in [0.1, 0.15) is 18.4 Å². The third-order valence-electron chi connectivity index (χ3n) is 3.66. The van der Waals surface area contributed by atoms with Gasteiger partial charge in [0.05, 0.1) is 0 Å². The molecule has 104 valence electrons. The van der Waals surface area contributed by atoms with Crippen LogP contribution in [0.4, 0.5) is 4.79 Å². The molecule has 0 radical (unpaired) electrons. The molecule has 0 spiro atoms. The van der Waals surface area contributed by atoms with Gasteiger partial charge in [-0.15, -0.1) is 0 Å². The molecule has 19 heavy (non-hydrogen) atoms. The minimum atomic E-state index is 0.0263. The molecule has 0 atom stereocenters. The van der Waals surface area contributed by atoms with Crippen LogP contribution in [0.2, 0.25) is 0 Å². The number of hydrogen-bond acceptors (Lipinski definition) is 2. The number of benzene rings is 1. The number of likely N-dealkylation sites (tertiary alicyclic amines) is 1. The van der Waals surface area contributed by atoms with Crippen LogP contribution >= 0.6 is 0 Å². The van der Waals surface area contributed by atoms with Gasteiger partial charge in [-0.3, -0.25) is 0 Å². The van der Waals surface area contributed by atoms with Crippen molar-refractivity contribution in [2.45, 2.75) is 25.4 Å². The summed E-state index contributed by atoms with van der Waals surface area (Å²) in [5.74, 6) is 0. The van der Waals surface area contributed by atoms with Gasteiger partial charge in [-0.25, -0.2) is 4.79 Å². The van der Waals surface area contributed by atoms with Crippen molar-refractivity contribution in [3.05, 3.63) is 35.9 Å². The summed E-state index contributed by atoms with van der Waals surface area (Å²) >= 11 is 0. The van der Waals surface area contributed by atoms with Crippen LogP contribution in [0.5, 0.6) is 0 Å². The van der Waals surface area contributed by atoms with E-state index < -0.39 is 0 Å². The molecule has 4 heteroatoms. The van der Waals surface area contributed by atoms with Crippen LogP contribution in [-0.4, -0.2) is 49.1 Å². The highest BCUT2D eigenvalue weighted by Crippen LogP contribution is 2.09. The molecule has 1 N–H and O–H groups in total. The van der Waals surface area contributed by atoms with Gasteiger partial charge in [0.1, 0.15) is 0 Å². The van der Waals surface area contributed by atoms with E-state index in [1.165, 1.54) is 0 Å². The predicted molar refractivity (Wildman–Crippen MR) is 77.0 cm³/mol. The van der Waals surface area contributed by atoms with Crippen molar-refractivity contribution in [3.8, 4) is 0 Å². The lowest BCUT2D eigenvalue weighted by molar-refractivity contribution is 0.188. The van der Waals surface area contributed by atoms with Crippen LogP contribution in [0.25, 0.3) is 0 Å². The van der Waals surface area contributed by atoms with Gasteiger partial charge >= 0.3 is 6.03 Å². The molecule has 1 saturated heterocycles. The van der Waals surface area contributed by atoms with E-state index in [9.17, 15) is 4.79 Å². The molecule has 4 nitrogen and oxygen atoms in total. The summed E-state index contributed by atoms with van der Waals surface area (Å²) in [6.07, 6.45) is 2.09. The zero-order valence-electron chi connectivity index (χ0n) is 11.8. The third-order valence-corrected chi connectivity index (χ3v) is 3.66. The van der Waals surface area contributed by atoms with Gasteiger partial charge in [0, 0.05) is 19.6 Å². The predicted octanol–water partition coefficient (Wildman–Crippen LogP) is 1.92. The fraction of sp³-hybridized carbons (Fsp3) is 0.533. The Bertz CT molecular complexity index is 399. The summed E-state index contributed by atoms with van der Waals surface area (Å²) in [5.41, 5.74) is 1.16. The van der Waals surface area contributed by atoms with Crippen molar-refractivity contribution in [2.24, 2.45) is 0 Å². The quantitative estimate of drug-likeness (QED) is 0.902. The number of rotatable bonds is 3. The van der Waals surface area contributed by atoms with Crippen LogP contribution in [0.3, 0.4) is 0 Å². The van der Waals surface area contributed by atoms with Gasteiger partial charge in [-0.2, -0.15) is 0 Å². The Hall–Kier alpha value is -1.55. The molecule has 0 saturated carbocycles. The fourth-order valence-corrected chi connectivity index (χ4v) is 2.37. The molecular weight excluding hydrogens is 238 g/mol. The lowest BCUT2D eigenvalue weighted by Gasteiger charge is -2.30. The Kier molecular flexibility index (Phi) is 4.80. The molecule has 1 aliphatic rings. The van der Waals surface area contributed by atoms with Crippen molar-refractivity contribution in [1.29, 1.82) is 0 Å². The molecule has 1 heterocycles. The van der Waals surface area contributed by atoms with Gasteiger partial charge in [-0.05, 0) is 38.5 Å². The fourth-order valence-electron chi connectivity index (χ4n) is 2.37. The Morgan fingerprint density at radius 2 is 1.95 bits per heavy atom. The van der Waals surface area contributed by atoms with Gasteiger partial charge < -0.3 is 15.1 Å². The second-order valence-corrected chi connectivity index (χ2v) is 5.37. The number of hydrogen-bond donors (Lipinski definition) is 1. The van der Waals surface area contributed by atoms with E-state index >= 15 is 0 Å². The molecule has 0 bridgehead atoms. The first-order valence-corrected chi connectivity index (χ1v) is 6.89. The second kappa shape index (κ2) is 6.57.